The van der Waals surface area contributed by atoms with Crippen molar-refractivity contribution in [3.63, 3.8) is 0 Å². The molecule has 1 aromatic heterocycles. The summed E-state index contributed by atoms with van der Waals surface area (Å²) in [6, 6.07) is 12.0. The molecule has 4 heteroatoms. The van der Waals surface area contributed by atoms with Gasteiger partial charge in [0.05, 0.1) is 6.61 Å². The van der Waals surface area contributed by atoms with Crippen LogP contribution in [0.4, 0.5) is 0 Å². The molecule has 2 heterocycles. The third kappa shape index (κ3) is 4.70. The molecule has 1 aliphatic rings. The smallest absolute Gasteiger partial charge is 0.119 e. The second kappa shape index (κ2) is 8.31. The van der Waals surface area contributed by atoms with Gasteiger partial charge in [-0.1, -0.05) is 24.3 Å². The Labute approximate surface area is 142 Å². The predicted molar refractivity (Wildman–Crippen MR) is 93.9 cm³/mol. The highest BCUT2D eigenvalue weighted by molar-refractivity contribution is 5.23. The Morgan fingerprint density at radius 2 is 1.75 bits per heavy atom. The fourth-order valence-corrected chi connectivity index (χ4v) is 2.52. The van der Waals surface area contributed by atoms with Crippen molar-refractivity contribution in [1.82, 2.24) is 9.88 Å². The second-order valence-corrected chi connectivity index (χ2v) is 5.79. The van der Waals surface area contributed by atoms with Gasteiger partial charge >= 0.3 is 0 Å². The summed E-state index contributed by atoms with van der Waals surface area (Å²) in [5, 5.41) is 9.06. The summed E-state index contributed by atoms with van der Waals surface area (Å²) in [7, 11) is 0. The molecular formula is C20H22N2O2. The van der Waals surface area contributed by atoms with E-state index in [-0.39, 0.29) is 6.61 Å². The molecule has 1 aliphatic heterocycles. The summed E-state index contributed by atoms with van der Waals surface area (Å²) < 4.78 is 5.80. The largest absolute Gasteiger partial charge is 0.489 e. The van der Waals surface area contributed by atoms with Gasteiger partial charge in [-0.05, 0) is 47.4 Å². The fourth-order valence-electron chi connectivity index (χ4n) is 2.52. The number of pyridine rings is 1. The van der Waals surface area contributed by atoms with Crippen molar-refractivity contribution in [1.29, 1.82) is 0 Å². The molecule has 0 aliphatic carbocycles. The Bertz CT molecular complexity index is 693. The normalized spacial score (nSPS) is 13.7. The van der Waals surface area contributed by atoms with Crippen molar-refractivity contribution in [2.24, 2.45) is 0 Å². The summed E-state index contributed by atoms with van der Waals surface area (Å²) in [4.78, 5) is 6.27. The Kier molecular flexibility index (Phi) is 5.64. The zero-order chi connectivity index (χ0) is 16.6. The predicted octanol–water partition coefficient (Wildman–Crippen LogP) is 3.05. The maximum atomic E-state index is 9.06. The van der Waals surface area contributed by atoms with Gasteiger partial charge in [-0.15, -0.1) is 0 Å². The number of hydrogen-bond donors (Lipinski definition) is 1. The number of aromatic nitrogens is 1. The minimum atomic E-state index is 0.0994. The van der Waals surface area contributed by atoms with Gasteiger partial charge in [-0.25, -0.2) is 0 Å². The maximum absolute atomic E-state index is 9.06. The lowest BCUT2D eigenvalue weighted by Gasteiger charge is -2.22. The molecule has 0 bridgehead atoms. The fraction of sp³-hybridized carbons (Fsp3) is 0.250. The van der Waals surface area contributed by atoms with Crippen LogP contribution < -0.4 is 0 Å². The molecule has 124 valence electrons. The summed E-state index contributed by atoms with van der Waals surface area (Å²) in [5.74, 6) is 0.912. The number of hydrogen-bond acceptors (Lipinski definition) is 4. The summed E-state index contributed by atoms with van der Waals surface area (Å²) in [6.45, 7) is 2.48. The van der Waals surface area contributed by atoms with Crippen molar-refractivity contribution < 1.29 is 9.84 Å². The Hall–Kier alpha value is -2.59. The van der Waals surface area contributed by atoms with Crippen molar-refractivity contribution in [3.8, 4) is 0 Å². The van der Waals surface area contributed by atoms with E-state index in [0.717, 1.165) is 36.4 Å². The molecule has 0 saturated carbocycles. The van der Waals surface area contributed by atoms with Gasteiger partial charge in [0, 0.05) is 31.7 Å². The van der Waals surface area contributed by atoms with Crippen LogP contribution in [0, 0.1) is 0 Å². The van der Waals surface area contributed by atoms with Crippen LogP contribution in [0.3, 0.4) is 0 Å². The van der Waals surface area contributed by atoms with E-state index in [9.17, 15) is 0 Å². The van der Waals surface area contributed by atoms with Gasteiger partial charge in [-0.2, -0.15) is 0 Å². The Balaban J connectivity index is 1.42. The standard InChI is InChI=1S/C20H22N2O2/c23-15-18-3-1-17(2-4-18)7-12-22-13-8-20(9-14-22)24-16-19-5-10-21-11-6-19/h1-6,8-11,13,23H,7,12,14-16H2. The Morgan fingerprint density at radius 1 is 1.00 bits per heavy atom. The van der Waals surface area contributed by atoms with Gasteiger partial charge < -0.3 is 14.7 Å². The lowest BCUT2D eigenvalue weighted by molar-refractivity contribution is 0.205. The van der Waals surface area contributed by atoms with Crippen LogP contribution in [0.5, 0.6) is 0 Å². The molecule has 0 radical (unpaired) electrons. The molecule has 3 rings (SSSR count). The van der Waals surface area contributed by atoms with Crippen LogP contribution in [-0.2, 0) is 24.4 Å². The number of ether oxygens (including phenoxy) is 1. The van der Waals surface area contributed by atoms with E-state index in [0.29, 0.717) is 6.61 Å². The SMILES string of the molecule is OCc1ccc(CCN2C=CC(OCc3ccncc3)=CC2)cc1. The van der Waals surface area contributed by atoms with E-state index >= 15 is 0 Å². The average Bonchev–Trinajstić information content (AvgIpc) is 2.67. The van der Waals surface area contributed by atoms with Crippen LogP contribution in [0.1, 0.15) is 16.7 Å². The maximum Gasteiger partial charge on any atom is 0.119 e. The first-order valence-electron chi connectivity index (χ1n) is 8.16. The highest BCUT2D eigenvalue weighted by Crippen LogP contribution is 2.13. The first-order valence-corrected chi connectivity index (χ1v) is 8.16. The lowest BCUT2D eigenvalue weighted by Crippen LogP contribution is -2.22. The molecule has 0 saturated heterocycles. The van der Waals surface area contributed by atoms with Gasteiger partial charge in [-0.3, -0.25) is 4.98 Å². The zero-order valence-electron chi connectivity index (χ0n) is 13.6. The van der Waals surface area contributed by atoms with Gasteiger partial charge in [0.2, 0.25) is 0 Å². The van der Waals surface area contributed by atoms with E-state index in [1.807, 2.05) is 30.3 Å². The van der Waals surface area contributed by atoms with E-state index in [2.05, 4.69) is 34.3 Å². The van der Waals surface area contributed by atoms with Crippen molar-refractivity contribution >= 4 is 0 Å². The summed E-state index contributed by atoms with van der Waals surface area (Å²) in [5.41, 5.74) is 3.35. The highest BCUT2D eigenvalue weighted by atomic mass is 16.5. The molecule has 4 nitrogen and oxygen atoms in total. The van der Waals surface area contributed by atoms with Crippen LogP contribution in [0.15, 0.2) is 72.9 Å². The molecule has 1 N–H and O–H groups in total. The van der Waals surface area contributed by atoms with Crippen molar-refractivity contribution in [2.45, 2.75) is 19.6 Å². The number of rotatable bonds is 7. The van der Waals surface area contributed by atoms with Crippen LogP contribution >= 0.6 is 0 Å². The lowest BCUT2D eigenvalue weighted by atomic mass is 10.1. The van der Waals surface area contributed by atoms with E-state index in [1.165, 1.54) is 5.56 Å². The third-order valence-corrected chi connectivity index (χ3v) is 4.02. The van der Waals surface area contributed by atoms with Gasteiger partial charge in [0.25, 0.3) is 0 Å². The van der Waals surface area contributed by atoms with Crippen molar-refractivity contribution in [3.05, 3.63) is 89.6 Å². The Morgan fingerprint density at radius 3 is 2.42 bits per heavy atom. The number of nitrogens with zero attached hydrogens (tertiary/aromatic N) is 2. The molecule has 0 amide bonds. The number of aliphatic hydroxyl groups is 1. The first kappa shape index (κ1) is 16.3. The minimum absolute atomic E-state index is 0.0994. The summed E-state index contributed by atoms with van der Waals surface area (Å²) >= 11 is 0. The van der Waals surface area contributed by atoms with Gasteiger partial charge in [0.15, 0.2) is 0 Å². The molecule has 0 spiro atoms. The third-order valence-electron chi connectivity index (χ3n) is 4.02. The zero-order valence-corrected chi connectivity index (χ0v) is 13.6. The molecule has 0 fully saturated rings. The first-order chi connectivity index (χ1) is 11.8. The van der Waals surface area contributed by atoms with Crippen LogP contribution in [0.25, 0.3) is 0 Å². The molecule has 0 atom stereocenters. The topological polar surface area (TPSA) is 45.6 Å². The average molecular weight is 322 g/mol. The number of benzene rings is 1. The highest BCUT2D eigenvalue weighted by Gasteiger charge is 2.06. The minimum Gasteiger partial charge on any atom is -0.489 e. The van der Waals surface area contributed by atoms with E-state index in [1.54, 1.807) is 12.4 Å². The molecule has 0 unspecified atom stereocenters. The number of allylic oxidation sites excluding steroid dienone is 1. The van der Waals surface area contributed by atoms with Crippen LogP contribution in [0.2, 0.25) is 0 Å². The van der Waals surface area contributed by atoms with Crippen molar-refractivity contribution in [2.75, 3.05) is 13.1 Å². The monoisotopic (exact) mass is 322 g/mol. The molecule has 1 aromatic carbocycles. The molecular weight excluding hydrogens is 300 g/mol. The molecule has 2 aromatic rings. The van der Waals surface area contributed by atoms with E-state index < -0.39 is 0 Å². The number of aliphatic hydroxyl groups excluding tert-OH is 1. The quantitative estimate of drug-likeness (QED) is 0.851. The van der Waals surface area contributed by atoms with Crippen LogP contribution in [-0.4, -0.2) is 28.1 Å². The van der Waals surface area contributed by atoms with Gasteiger partial charge in [0.1, 0.15) is 12.4 Å². The second-order valence-electron chi connectivity index (χ2n) is 5.79. The van der Waals surface area contributed by atoms with E-state index in [4.69, 9.17) is 9.84 Å². The summed E-state index contributed by atoms with van der Waals surface area (Å²) in [6.07, 6.45) is 10.7. The molecule has 24 heavy (non-hydrogen) atoms.